The summed E-state index contributed by atoms with van der Waals surface area (Å²) in [5.41, 5.74) is 4.40. The average molecular weight is 375 g/mol. The molecule has 1 atom stereocenters. The lowest BCUT2D eigenvalue weighted by atomic mass is 10.0. The molecule has 0 saturated carbocycles. The highest BCUT2D eigenvalue weighted by Gasteiger charge is 2.15. The van der Waals surface area contributed by atoms with Crippen molar-refractivity contribution in [2.45, 2.75) is 26.4 Å². The molecule has 8 heteroatoms. The molecule has 1 unspecified atom stereocenters. The molecular formula is C20H21N7O. The van der Waals surface area contributed by atoms with E-state index in [1.54, 1.807) is 10.5 Å². The summed E-state index contributed by atoms with van der Waals surface area (Å²) in [6, 6.07) is 13.6. The molecule has 0 aliphatic rings. The van der Waals surface area contributed by atoms with Crippen LogP contribution in [0.1, 0.15) is 29.8 Å². The van der Waals surface area contributed by atoms with Crippen LogP contribution >= 0.6 is 0 Å². The number of nitrogens with zero attached hydrogens (tertiary/aromatic N) is 6. The van der Waals surface area contributed by atoms with Gasteiger partial charge >= 0.3 is 0 Å². The number of aromatic amines is 1. The molecule has 4 rings (SSSR count). The summed E-state index contributed by atoms with van der Waals surface area (Å²) in [4.78, 5) is 19.2. The van der Waals surface area contributed by atoms with Crippen LogP contribution in [0.4, 0.5) is 0 Å². The first-order valence-electron chi connectivity index (χ1n) is 9.04. The van der Waals surface area contributed by atoms with Crippen LogP contribution in [0, 0.1) is 6.92 Å². The van der Waals surface area contributed by atoms with E-state index >= 15 is 0 Å². The van der Waals surface area contributed by atoms with Gasteiger partial charge in [-0.05, 0) is 49.4 Å². The van der Waals surface area contributed by atoms with Crippen molar-refractivity contribution in [1.29, 1.82) is 0 Å². The minimum Gasteiger partial charge on any atom is -0.294 e. The van der Waals surface area contributed by atoms with Gasteiger partial charge in [-0.25, -0.2) is 4.98 Å². The van der Waals surface area contributed by atoms with Crippen LogP contribution in [0.15, 0.2) is 53.5 Å². The highest BCUT2D eigenvalue weighted by atomic mass is 16.1. The molecule has 0 spiro atoms. The van der Waals surface area contributed by atoms with E-state index in [9.17, 15) is 4.79 Å². The SMILES string of the molecule is Cc1ccc2nc(CN(C)C(C)c3cccc(-c4nn[nH]n4)c3)cc(=O)n2c1. The number of tetrazole rings is 1. The summed E-state index contributed by atoms with van der Waals surface area (Å²) in [6.07, 6.45) is 1.81. The molecule has 0 saturated heterocycles. The van der Waals surface area contributed by atoms with Crippen molar-refractivity contribution in [3.05, 3.63) is 75.8 Å². The Balaban J connectivity index is 1.57. The summed E-state index contributed by atoms with van der Waals surface area (Å²) >= 11 is 0. The third-order valence-corrected chi connectivity index (χ3v) is 4.91. The van der Waals surface area contributed by atoms with Crippen LogP contribution in [-0.4, -0.2) is 42.0 Å². The first-order valence-corrected chi connectivity index (χ1v) is 9.04. The van der Waals surface area contributed by atoms with Gasteiger partial charge in [0, 0.05) is 30.4 Å². The molecule has 1 aromatic carbocycles. The largest absolute Gasteiger partial charge is 0.294 e. The van der Waals surface area contributed by atoms with Gasteiger partial charge in [0.15, 0.2) is 0 Å². The standard InChI is InChI=1S/C20H21N7O/c1-13-7-8-18-21-17(10-19(28)27(18)11-13)12-26(3)14(2)15-5-4-6-16(9-15)20-22-24-25-23-20/h4-11,14H,12H2,1-3H3,(H,22,23,24,25). The minimum absolute atomic E-state index is 0.0659. The Morgan fingerprint density at radius 1 is 1.21 bits per heavy atom. The van der Waals surface area contributed by atoms with Crippen LogP contribution < -0.4 is 5.56 Å². The Bertz CT molecular complexity index is 1170. The molecule has 8 nitrogen and oxygen atoms in total. The fourth-order valence-corrected chi connectivity index (χ4v) is 3.21. The van der Waals surface area contributed by atoms with Gasteiger partial charge in [-0.2, -0.15) is 5.21 Å². The lowest BCUT2D eigenvalue weighted by Gasteiger charge is -2.25. The number of hydrogen-bond donors (Lipinski definition) is 1. The number of pyridine rings is 1. The molecule has 0 fully saturated rings. The van der Waals surface area contributed by atoms with E-state index in [4.69, 9.17) is 0 Å². The van der Waals surface area contributed by atoms with E-state index < -0.39 is 0 Å². The number of benzene rings is 1. The van der Waals surface area contributed by atoms with Crippen LogP contribution in [-0.2, 0) is 6.54 Å². The van der Waals surface area contributed by atoms with Crippen molar-refractivity contribution in [3.8, 4) is 11.4 Å². The summed E-state index contributed by atoms with van der Waals surface area (Å²) < 4.78 is 1.58. The van der Waals surface area contributed by atoms with Crippen LogP contribution in [0.2, 0.25) is 0 Å². The van der Waals surface area contributed by atoms with Crippen molar-refractivity contribution in [2.24, 2.45) is 0 Å². The Morgan fingerprint density at radius 2 is 2.07 bits per heavy atom. The monoisotopic (exact) mass is 375 g/mol. The Morgan fingerprint density at radius 3 is 2.86 bits per heavy atom. The molecule has 0 aliphatic heterocycles. The average Bonchev–Trinajstić information content (AvgIpc) is 3.23. The summed E-state index contributed by atoms with van der Waals surface area (Å²) in [5, 5.41) is 14.2. The molecular weight excluding hydrogens is 354 g/mol. The normalized spacial score (nSPS) is 12.6. The number of rotatable bonds is 5. The van der Waals surface area contributed by atoms with Crippen molar-refractivity contribution >= 4 is 5.65 Å². The van der Waals surface area contributed by atoms with Gasteiger partial charge in [-0.15, -0.1) is 10.2 Å². The Labute approximate surface area is 161 Å². The predicted octanol–water partition coefficient (Wildman–Crippen LogP) is 2.38. The number of nitrogens with one attached hydrogen (secondary N) is 1. The van der Waals surface area contributed by atoms with Gasteiger partial charge in [0.2, 0.25) is 5.82 Å². The molecule has 1 N–H and O–H groups in total. The second-order valence-corrected chi connectivity index (χ2v) is 6.97. The van der Waals surface area contributed by atoms with E-state index in [0.29, 0.717) is 18.0 Å². The van der Waals surface area contributed by atoms with Crippen molar-refractivity contribution < 1.29 is 0 Å². The number of aryl methyl sites for hydroxylation is 1. The number of aromatic nitrogens is 6. The van der Waals surface area contributed by atoms with Crippen LogP contribution in [0.25, 0.3) is 17.0 Å². The van der Waals surface area contributed by atoms with Gasteiger partial charge in [-0.1, -0.05) is 24.3 Å². The highest BCUT2D eigenvalue weighted by molar-refractivity contribution is 5.55. The fraction of sp³-hybridized carbons (Fsp3) is 0.250. The maximum Gasteiger partial charge on any atom is 0.258 e. The van der Waals surface area contributed by atoms with Crippen LogP contribution in [0.3, 0.4) is 0 Å². The molecule has 28 heavy (non-hydrogen) atoms. The van der Waals surface area contributed by atoms with Gasteiger partial charge in [-0.3, -0.25) is 14.1 Å². The van der Waals surface area contributed by atoms with E-state index in [1.165, 1.54) is 0 Å². The van der Waals surface area contributed by atoms with Gasteiger partial charge in [0.05, 0.1) is 5.69 Å². The zero-order valence-corrected chi connectivity index (χ0v) is 16.0. The maximum absolute atomic E-state index is 12.4. The Hall–Kier alpha value is -3.39. The molecule has 3 aromatic heterocycles. The van der Waals surface area contributed by atoms with E-state index in [2.05, 4.69) is 49.6 Å². The first-order chi connectivity index (χ1) is 13.5. The topological polar surface area (TPSA) is 92.1 Å². The lowest BCUT2D eigenvalue weighted by Crippen LogP contribution is -2.24. The molecule has 0 radical (unpaired) electrons. The van der Waals surface area contributed by atoms with Crippen molar-refractivity contribution in [2.75, 3.05) is 7.05 Å². The minimum atomic E-state index is -0.0659. The van der Waals surface area contributed by atoms with E-state index in [1.807, 2.05) is 44.4 Å². The maximum atomic E-state index is 12.4. The smallest absolute Gasteiger partial charge is 0.258 e. The predicted molar refractivity (Wildman–Crippen MR) is 106 cm³/mol. The zero-order valence-electron chi connectivity index (χ0n) is 16.0. The lowest BCUT2D eigenvalue weighted by molar-refractivity contribution is 0.250. The first kappa shape index (κ1) is 18.0. The van der Waals surface area contributed by atoms with Gasteiger partial charge < -0.3 is 0 Å². The summed E-state index contributed by atoms with van der Waals surface area (Å²) in [5.74, 6) is 0.566. The van der Waals surface area contributed by atoms with Crippen molar-refractivity contribution in [1.82, 2.24) is 34.9 Å². The highest BCUT2D eigenvalue weighted by Crippen LogP contribution is 2.24. The Kier molecular flexibility index (Phi) is 4.70. The van der Waals surface area contributed by atoms with E-state index in [0.717, 1.165) is 22.4 Å². The molecule has 3 heterocycles. The third-order valence-electron chi connectivity index (χ3n) is 4.91. The summed E-state index contributed by atoms with van der Waals surface area (Å²) in [7, 11) is 2.02. The molecule has 142 valence electrons. The third kappa shape index (κ3) is 3.54. The quantitative estimate of drug-likeness (QED) is 0.576. The zero-order chi connectivity index (χ0) is 19.7. The number of fused-ring (bicyclic) bond motifs is 1. The fourth-order valence-electron chi connectivity index (χ4n) is 3.21. The van der Waals surface area contributed by atoms with E-state index in [-0.39, 0.29) is 11.6 Å². The molecule has 4 aromatic rings. The summed E-state index contributed by atoms with van der Waals surface area (Å²) in [6.45, 7) is 4.64. The number of H-pyrrole nitrogens is 1. The van der Waals surface area contributed by atoms with Crippen LogP contribution in [0.5, 0.6) is 0 Å². The second kappa shape index (κ2) is 7.32. The van der Waals surface area contributed by atoms with Crippen molar-refractivity contribution in [3.63, 3.8) is 0 Å². The second-order valence-electron chi connectivity index (χ2n) is 6.97. The molecule has 0 bridgehead atoms. The molecule has 0 amide bonds. The molecule has 0 aliphatic carbocycles. The number of hydrogen-bond acceptors (Lipinski definition) is 6. The van der Waals surface area contributed by atoms with Gasteiger partial charge in [0.1, 0.15) is 5.65 Å². The van der Waals surface area contributed by atoms with Gasteiger partial charge in [0.25, 0.3) is 5.56 Å².